The van der Waals surface area contributed by atoms with Gasteiger partial charge in [-0.25, -0.2) is 0 Å². The van der Waals surface area contributed by atoms with Crippen LogP contribution in [0.5, 0.6) is 0 Å². The zero-order valence-electron chi connectivity index (χ0n) is 9.92. The predicted molar refractivity (Wildman–Crippen MR) is 59.7 cm³/mol. The molecule has 0 atom stereocenters. The normalized spacial score (nSPS) is 37.3. The van der Waals surface area contributed by atoms with Crippen molar-refractivity contribution in [3.8, 4) is 0 Å². The Hall–Kier alpha value is -0.370. The highest BCUT2D eigenvalue weighted by Crippen LogP contribution is 2.40. The monoisotopic (exact) mass is 210 g/mol. The number of hydrogen-bond donors (Lipinski definition) is 0. The molecular weight excluding hydrogens is 188 g/mol. The van der Waals surface area contributed by atoms with Crippen LogP contribution in [0.4, 0.5) is 0 Å². The molecule has 2 saturated carbocycles. The summed E-state index contributed by atoms with van der Waals surface area (Å²) >= 11 is 0. The van der Waals surface area contributed by atoms with Crippen molar-refractivity contribution < 1.29 is 9.53 Å². The van der Waals surface area contributed by atoms with Gasteiger partial charge in [0.2, 0.25) is 0 Å². The van der Waals surface area contributed by atoms with E-state index in [1.807, 2.05) is 0 Å². The summed E-state index contributed by atoms with van der Waals surface area (Å²) in [5.41, 5.74) is -0.405. The smallest absolute Gasteiger partial charge is 0.167 e. The van der Waals surface area contributed by atoms with Gasteiger partial charge in [-0.1, -0.05) is 13.3 Å². The average molecular weight is 210 g/mol. The molecule has 0 unspecified atom stereocenters. The fourth-order valence-corrected chi connectivity index (χ4v) is 2.82. The molecule has 2 aliphatic rings. The summed E-state index contributed by atoms with van der Waals surface area (Å²) in [5.74, 6) is 1.49. The van der Waals surface area contributed by atoms with Crippen molar-refractivity contribution in [1.82, 2.24) is 0 Å². The molecular formula is C13H22O2. The third-order valence-corrected chi connectivity index (χ3v) is 4.40. The van der Waals surface area contributed by atoms with Gasteiger partial charge < -0.3 is 4.74 Å². The molecule has 2 nitrogen and oxygen atoms in total. The molecule has 2 fully saturated rings. The van der Waals surface area contributed by atoms with Gasteiger partial charge in [0.1, 0.15) is 5.60 Å². The first-order valence-electron chi connectivity index (χ1n) is 6.27. The molecule has 0 radical (unpaired) electrons. The maximum absolute atomic E-state index is 12.3. The minimum atomic E-state index is -0.405. The number of rotatable bonds is 3. The van der Waals surface area contributed by atoms with Crippen LogP contribution in [-0.2, 0) is 9.53 Å². The van der Waals surface area contributed by atoms with E-state index >= 15 is 0 Å². The number of ketones is 1. The van der Waals surface area contributed by atoms with Gasteiger partial charge in [-0.05, 0) is 44.4 Å². The third-order valence-electron chi connectivity index (χ3n) is 4.40. The number of methoxy groups -OCH3 is 1. The summed E-state index contributed by atoms with van der Waals surface area (Å²) < 4.78 is 5.60. The summed E-state index contributed by atoms with van der Waals surface area (Å²) in [5, 5.41) is 0. The molecule has 0 N–H and O–H groups in total. The largest absolute Gasteiger partial charge is 0.370 e. The van der Waals surface area contributed by atoms with Gasteiger partial charge in [-0.15, -0.1) is 0 Å². The molecule has 0 aliphatic heterocycles. The second-order valence-corrected chi connectivity index (χ2v) is 5.37. The summed E-state index contributed by atoms with van der Waals surface area (Å²) in [4.78, 5) is 12.3. The minimum Gasteiger partial charge on any atom is -0.370 e. The Morgan fingerprint density at radius 1 is 1.20 bits per heavy atom. The Morgan fingerprint density at radius 3 is 2.20 bits per heavy atom. The van der Waals surface area contributed by atoms with Gasteiger partial charge in [-0.2, -0.15) is 0 Å². The van der Waals surface area contributed by atoms with Gasteiger partial charge in [0.15, 0.2) is 5.78 Å². The van der Waals surface area contributed by atoms with E-state index in [0.717, 1.165) is 44.4 Å². The van der Waals surface area contributed by atoms with Crippen LogP contribution in [0.25, 0.3) is 0 Å². The maximum atomic E-state index is 12.3. The Morgan fingerprint density at radius 2 is 1.80 bits per heavy atom. The zero-order valence-corrected chi connectivity index (χ0v) is 9.92. The highest BCUT2D eigenvalue weighted by molar-refractivity contribution is 5.90. The van der Waals surface area contributed by atoms with Gasteiger partial charge in [-0.3, -0.25) is 4.79 Å². The van der Waals surface area contributed by atoms with E-state index in [4.69, 9.17) is 4.74 Å². The highest BCUT2D eigenvalue weighted by Gasteiger charge is 2.45. The van der Waals surface area contributed by atoms with Crippen LogP contribution < -0.4 is 0 Å². The van der Waals surface area contributed by atoms with E-state index in [2.05, 4.69) is 6.92 Å². The van der Waals surface area contributed by atoms with Crippen molar-refractivity contribution in [2.45, 2.75) is 57.5 Å². The van der Waals surface area contributed by atoms with Gasteiger partial charge in [0, 0.05) is 13.0 Å². The SMILES string of the molecule is COC1(C(=O)C2CCC2)CCC(C)CC1. The fourth-order valence-electron chi connectivity index (χ4n) is 2.82. The number of Topliss-reactive ketones (excluding diaryl/α,β-unsaturated/α-hetero) is 1. The molecule has 0 aromatic carbocycles. The summed E-state index contributed by atoms with van der Waals surface area (Å²) in [7, 11) is 1.71. The lowest BCUT2D eigenvalue weighted by atomic mass is 9.69. The average Bonchev–Trinajstić information content (AvgIpc) is 2.17. The quantitative estimate of drug-likeness (QED) is 0.716. The van der Waals surface area contributed by atoms with Gasteiger partial charge >= 0.3 is 0 Å². The number of carbonyl (C=O) groups excluding carboxylic acids is 1. The molecule has 2 rings (SSSR count). The maximum Gasteiger partial charge on any atom is 0.167 e. The minimum absolute atomic E-state index is 0.318. The van der Waals surface area contributed by atoms with Crippen molar-refractivity contribution in [3.05, 3.63) is 0 Å². The van der Waals surface area contributed by atoms with E-state index in [1.54, 1.807) is 7.11 Å². The molecule has 0 amide bonds. The summed E-state index contributed by atoms with van der Waals surface area (Å²) in [6.45, 7) is 2.27. The van der Waals surface area contributed by atoms with Gasteiger partial charge in [0.25, 0.3) is 0 Å². The first kappa shape index (κ1) is 11.1. The Bertz CT molecular complexity index is 235. The van der Waals surface area contributed by atoms with Crippen molar-refractivity contribution in [3.63, 3.8) is 0 Å². The van der Waals surface area contributed by atoms with E-state index in [9.17, 15) is 4.79 Å². The van der Waals surface area contributed by atoms with Crippen molar-refractivity contribution >= 4 is 5.78 Å². The second kappa shape index (κ2) is 4.25. The lowest BCUT2D eigenvalue weighted by Gasteiger charge is -2.41. The topological polar surface area (TPSA) is 26.3 Å². The van der Waals surface area contributed by atoms with Crippen LogP contribution >= 0.6 is 0 Å². The van der Waals surface area contributed by atoms with E-state index in [0.29, 0.717) is 11.7 Å². The second-order valence-electron chi connectivity index (χ2n) is 5.37. The van der Waals surface area contributed by atoms with Gasteiger partial charge in [0.05, 0.1) is 0 Å². The molecule has 0 saturated heterocycles. The summed E-state index contributed by atoms with van der Waals surface area (Å²) in [6.07, 6.45) is 7.60. The Balaban J connectivity index is 2.03. The lowest BCUT2D eigenvalue weighted by molar-refractivity contribution is -0.153. The molecule has 0 bridgehead atoms. The number of ether oxygens (including phenoxy) is 1. The highest BCUT2D eigenvalue weighted by atomic mass is 16.5. The summed E-state index contributed by atoms with van der Waals surface area (Å²) in [6, 6.07) is 0. The van der Waals surface area contributed by atoms with Crippen LogP contribution in [0.15, 0.2) is 0 Å². The lowest BCUT2D eigenvalue weighted by Crippen LogP contribution is -2.48. The zero-order chi connectivity index (χ0) is 10.9. The number of carbonyl (C=O) groups is 1. The molecule has 0 heterocycles. The first-order valence-corrected chi connectivity index (χ1v) is 6.27. The van der Waals surface area contributed by atoms with Crippen LogP contribution in [0, 0.1) is 11.8 Å². The Labute approximate surface area is 92.4 Å². The fraction of sp³-hybridized carbons (Fsp3) is 0.923. The van der Waals surface area contributed by atoms with Crippen LogP contribution in [0.3, 0.4) is 0 Å². The van der Waals surface area contributed by atoms with E-state index in [1.165, 1.54) is 6.42 Å². The van der Waals surface area contributed by atoms with Crippen molar-refractivity contribution in [1.29, 1.82) is 0 Å². The van der Waals surface area contributed by atoms with Crippen molar-refractivity contribution in [2.24, 2.45) is 11.8 Å². The van der Waals surface area contributed by atoms with Crippen LogP contribution in [0.1, 0.15) is 51.9 Å². The molecule has 0 aromatic rings. The molecule has 15 heavy (non-hydrogen) atoms. The first-order chi connectivity index (χ1) is 7.18. The molecule has 0 aromatic heterocycles. The van der Waals surface area contributed by atoms with E-state index in [-0.39, 0.29) is 0 Å². The molecule has 2 aliphatic carbocycles. The number of hydrogen-bond acceptors (Lipinski definition) is 2. The molecule has 0 spiro atoms. The molecule has 2 heteroatoms. The molecule has 86 valence electrons. The Kier molecular flexibility index (Phi) is 3.15. The predicted octanol–water partition coefficient (Wildman–Crippen LogP) is 2.95. The third kappa shape index (κ3) is 1.96. The van der Waals surface area contributed by atoms with Crippen LogP contribution in [-0.4, -0.2) is 18.5 Å². The van der Waals surface area contributed by atoms with Crippen molar-refractivity contribution in [2.75, 3.05) is 7.11 Å². The van der Waals surface area contributed by atoms with Crippen LogP contribution in [0.2, 0.25) is 0 Å². The van der Waals surface area contributed by atoms with E-state index < -0.39 is 5.60 Å². The standard InChI is InChI=1S/C13H22O2/c1-10-6-8-13(15-2,9-7-10)12(14)11-4-3-5-11/h10-11H,3-9H2,1-2H3.